The van der Waals surface area contributed by atoms with E-state index in [1.54, 1.807) is 18.2 Å². The number of nitrogens with one attached hydrogen (secondary N) is 1. The first-order chi connectivity index (χ1) is 12.5. The molecule has 1 N–H and O–H groups in total. The SMILES string of the molecule is Cc1c2c(n3c1=CNCCC3)=C(c1ccc(Cl)c(Cl)c1)C=C(C#N)C2=O. The number of allylic oxidation sites excluding steroid dienone is 2. The fraction of sp³-hybridized carbons (Fsp3) is 0.200. The van der Waals surface area contributed by atoms with Crippen molar-refractivity contribution in [3.8, 4) is 6.07 Å². The van der Waals surface area contributed by atoms with E-state index in [1.807, 2.05) is 25.3 Å². The Morgan fingerprint density at radius 3 is 2.81 bits per heavy atom. The second kappa shape index (κ2) is 6.35. The molecule has 0 amide bonds. The van der Waals surface area contributed by atoms with Crippen molar-refractivity contribution in [2.45, 2.75) is 19.9 Å². The van der Waals surface area contributed by atoms with E-state index in [1.165, 1.54) is 0 Å². The molecule has 6 heteroatoms. The zero-order valence-corrected chi connectivity index (χ0v) is 15.6. The molecule has 1 aliphatic heterocycles. The number of benzene rings is 1. The Morgan fingerprint density at radius 2 is 2.08 bits per heavy atom. The lowest BCUT2D eigenvalue weighted by atomic mass is 9.91. The molecule has 1 aromatic carbocycles. The summed E-state index contributed by atoms with van der Waals surface area (Å²) in [6, 6.07) is 7.41. The standard InChI is InChI=1S/C20H15Cl2N3O/c1-11-17-10-24-5-2-6-25(17)19-14(7-13(9-23)20(26)18(11)19)12-3-4-15(21)16(22)8-12/h3-4,7-8,10,24H,2,5-6H2,1H3. The summed E-state index contributed by atoms with van der Waals surface area (Å²) in [6.45, 7) is 3.60. The van der Waals surface area contributed by atoms with Crippen LogP contribution in [0.3, 0.4) is 0 Å². The molecule has 0 fully saturated rings. The van der Waals surface area contributed by atoms with Crippen molar-refractivity contribution in [1.82, 2.24) is 9.88 Å². The number of ketones is 1. The van der Waals surface area contributed by atoms with Crippen molar-refractivity contribution in [3.63, 3.8) is 0 Å². The van der Waals surface area contributed by atoms with Crippen molar-refractivity contribution in [2.75, 3.05) is 6.54 Å². The maximum Gasteiger partial charge on any atom is 0.206 e. The lowest BCUT2D eigenvalue weighted by molar-refractivity contribution is 0.103. The molecule has 2 aliphatic rings. The summed E-state index contributed by atoms with van der Waals surface area (Å²) in [5.74, 6) is -0.224. The van der Waals surface area contributed by atoms with Crippen LogP contribution in [0.15, 0.2) is 29.8 Å². The topological polar surface area (TPSA) is 57.8 Å². The normalized spacial score (nSPS) is 15.8. The van der Waals surface area contributed by atoms with Crippen LogP contribution >= 0.6 is 23.2 Å². The zero-order chi connectivity index (χ0) is 18.4. The minimum absolute atomic E-state index is 0.135. The average molecular weight is 384 g/mol. The monoisotopic (exact) mass is 383 g/mol. The van der Waals surface area contributed by atoms with Crippen LogP contribution in [0, 0.1) is 18.3 Å². The second-order valence-electron chi connectivity index (χ2n) is 6.38. The van der Waals surface area contributed by atoms with Crippen LogP contribution in [0.5, 0.6) is 0 Å². The summed E-state index contributed by atoms with van der Waals surface area (Å²) in [5.41, 5.74) is 3.27. The van der Waals surface area contributed by atoms with E-state index in [2.05, 4.69) is 9.88 Å². The average Bonchev–Trinajstić information content (AvgIpc) is 2.79. The lowest BCUT2D eigenvalue weighted by Gasteiger charge is -2.14. The molecule has 2 heterocycles. The molecule has 1 aromatic heterocycles. The van der Waals surface area contributed by atoms with Crippen molar-refractivity contribution < 1.29 is 4.79 Å². The fourth-order valence-corrected chi connectivity index (χ4v) is 3.93. The first kappa shape index (κ1) is 17.0. The number of Topliss-reactive ketones (excluding diaryl/α,β-unsaturated/α-hetero) is 1. The Labute approximate surface area is 160 Å². The molecule has 26 heavy (non-hydrogen) atoms. The van der Waals surface area contributed by atoms with Gasteiger partial charge < -0.3 is 9.88 Å². The first-order valence-corrected chi connectivity index (χ1v) is 9.07. The highest BCUT2D eigenvalue weighted by molar-refractivity contribution is 6.42. The molecule has 0 saturated heterocycles. The van der Waals surface area contributed by atoms with Gasteiger partial charge in [0.2, 0.25) is 5.78 Å². The molecule has 0 saturated carbocycles. The largest absolute Gasteiger partial charge is 0.389 e. The number of hydrogen-bond donors (Lipinski definition) is 1. The Hall–Kier alpha value is -2.48. The maximum atomic E-state index is 12.9. The molecule has 1 aliphatic carbocycles. The van der Waals surface area contributed by atoms with E-state index in [0.717, 1.165) is 46.9 Å². The highest BCUT2D eigenvalue weighted by Gasteiger charge is 2.27. The maximum absolute atomic E-state index is 12.9. The quantitative estimate of drug-likeness (QED) is 0.823. The smallest absolute Gasteiger partial charge is 0.206 e. The number of halogens is 2. The summed E-state index contributed by atoms with van der Waals surface area (Å²) in [5, 5.41) is 15.5. The molecule has 0 radical (unpaired) electrons. The number of carbonyl (C=O) groups is 1. The minimum Gasteiger partial charge on any atom is -0.389 e. The van der Waals surface area contributed by atoms with E-state index >= 15 is 0 Å². The third-order valence-electron chi connectivity index (χ3n) is 4.86. The number of nitrogens with zero attached hydrogens (tertiary/aromatic N) is 2. The van der Waals surface area contributed by atoms with Crippen LogP contribution in [0.1, 0.15) is 27.9 Å². The molecular weight excluding hydrogens is 369 g/mol. The van der Waals surface area contributed by atoms with Gasteiger partial charge in [0, 0.05) is 24.9 Å². The minimum atomic E-state index is -0.224. The summed E-state index contributed by atoms with van der Waals surface area (Å²) < 4.78 is 2.16. The highest BCUT2D eigenvalue weighted by Crippen LogP contribution is 2.28. The van der Waals surface area contributed by atoms with Gasteiger partial charge in [-0.25, -0.2) is 0 Å². The lowest BCUT2D eigenvalue weighted by Crippen LogP contribution is -2.32. The van der Waals surface area contributed by atoms with Crippen LogP contribution in [-0.4, -0.2) is 16.9 Å². The van der Waals surface area contributed by atoms with E-state index in [-0.39, 0.29) is 11.4 Å². The summed E-state index contributed by atoms with van der Waals surface area (Å²) in [4.78, 5) is 12.9. The number of fused-ring (bicyclic) bond motifs is 3. The van der Waals surface area contributed by atoms with Crippen molar-refractivity contribution >= 4 is 40.8 Å². The predicted octanol–water partition coefficient (Wildman–Crippen LogP) is 2.68. The molecule has 0 spiro atoms. The van der Waals surface area contributed by atoms with E-state index in [0.29, 0.717) is 15.6 Å². The van der Waals surface area contributed by atoms with Crippen LogP contribution in [0.25, 0.3) is 11.8 Å². The third kappa shape index (κ3) is 2.47. The van der Waals surface area contributed by atoms with Gasteiger partial charge in [-0.2, -0.15) is 5.26 Å². The first-order valence-electron chi connectivity index (χ1n) is 8.32. The Kier molecular flexibility index (Phi) is 4.14. The Balaban J connectivity index is 2.17. The number of carbonyl (C=O) groups excluding carboxylic acids is 1. The molecule has 0 bridgehead atoms. The number of rotatable bonds is 1. The molecule has 130 valence electrons. The summed E-state index contributed by atoms with van der Waals surface area (Å²) >= 11 is 12.3. The predicted molar refractivity (Wildman–Crippen MR) is 103 cm³/mol. The van der Waals surface area contributed by atoms with Gasteiger partial charge in [-0.3, -0.25) is 4.79 Å². The van der Waals surface area contributed by atoms with Crippen LogP contribution in [-0.2, 0) is 6.54 Å². The Bertz CT molecular complexity index is 1150. The van der Waals surface area contributed by atoms with Gasteiger partial charge in [-0.1, -0.05) is 29.3 Å². The van der Waals surface area contributed by atoms with Crippen LogP contribution in [0.4, 0.5) is 0 Å². The van der Waals surface area contributed by atoms with E-state index in [4.69, 9.17) is 23.2 Å². The number of aromatic nitrogens is 1. The van der Waals surface area contributed by atoms with Gasteiger partial charge in [0.25, 0.3) is 0 Å². The molecular formula is C20H15Cl2N3O. The fourth-order valence-electron chi connectivity index (χ4n) is 3.63. The van der Waals surface area contributed by atoms with Crippen molar-refractivity contribution in [2.24, 2.45) is 0 Å². The Morgan fingerprint density at radius 1 is 1.27 bits per heavy atom. The molecule has 0 unspecified atom stereocenters. The van der Waals surface area contributed by atoms with Gasteiger partial charge in [-0.15, -0.1) is 0 Å². The summed E-state index contributed by atoms with van der Waals surface area (Å²) in [7, 11) is 0. The third-order valence-corrected chi connectivity index (χ3v) is 5.60. The zero-order valence-electron chi connectivity index (χ0n) is 14.1. The molecule has 4 rings (SSSR count). The second-order valence-corrected chi connectivity index (χ2v) is 7.19. The van der Waals surface area contributed by atoms with Gasteiger partial charge in [0.15, 0.2) is 0 Å². The van der Waals surface area contributed by atoms with Gasteiger partial charge in [0.1, 0.15) is 11.6 Å². The van der Waals surface area contributed by atoms with Gasteiger partial charge >= 0.3 is 0 Å². The molecule has 4 nitrogen and oxygen atoms in total. The van der Waals surface area contributed by atoms with Crippen molar-refractivity contribution in [1.29, 1.82) is 5.26 Å². The van der Waals surface area contributed by atoms with Gasteiger partial charge in [-0.05, 0) is 42.7 Å². The number of hydrogen-bond acceptors (Lipinski definition) is 3. The van der Waals surface area contributed by atoms with E-state index < -0.39 is 0 Å². The summed E-state index contributed by atoms with van der Waals surface area (Å²) in [6.07, 6.45) is 4.56. The molecule has 0 atom stereocenters. The highest BCUT2D eigenvalue weighted by atomic mass is 35.5. The van der Waals surface area contributed by atoms with Crippen LogP contribution < -0.4 is 16.0 Å². The molecule has 2 aromatic rings. The van der Waals surface area contributed by atoms with E-state index in [9.17, 15) is 10.1 Å². The van der Waals surface area contributed by atoms with Crippen molar-refractivity contribution in [3.05, 3.63) is 67.3 Å². The number of nitriles is 1. The van der Waals surface area contributed by atoms with Crippen LogP contribution in [0.2, 0.25) is 10.0 Å². The van der Waals surface area contributed by atoms with Gasteiger partial charge in [0.05, 0.1) is 26.3 Å².